The predicted molar refractivity (Wildman–Crippen MR) is 84.4 cm³/mol. The van der Waals surface area contributed by atoms with Gasteiger partial charge in [0.1, 0.15) is 0 Å². The van der Waals surface area contributed by atoms with Crippen molar-refractivity contribution in [3.05, 3.63) is 63.7 Å². The first-order valence-corrected chi connectivity index (χ1v) is 6.95. The minimum Gasteiger partial charge on any atom is -0.462 e. The van der Waals surface area contributed by atoms with Gasteiger partial charge in [0.05, 0.1) is 22.8 Å². The lowest BCUT2D eigenvalue weighted by molar-refractivity contribution is -0.384. The lowest BCUT2D eigenvalue weighted by atomic mass is 10.2. The average molecular weight is 313 g/mol. The first-order valence-electron chi connectivity index (χ1n) is 6.95. The van der Waals surface area contributed by atoms with Crippen LogP contribution >= 0.6 is 0 Å². The van der Waals surface area contributed by atoms with Crippen molar-refractivity contribution in [3.8, 4) is 0 Å². The number of azo groups is 1. The van der Waals surface area contributed by atoms with Crippen molar-refractivity contribution in [2.75, 3.05) is 6.61 Å². The smallest absolute Gasteiger partial charge is 0.338 e. The van der Waals surface area contributed by atoms with Gasteiger partial charge in [-0.2, -0.15) is 5.11 Å². The molecule has 0 aliphatic heterocycles. The molecule has 7 nitrogen and oxygen atoms in total. The first kappa shape index (κ1) is 16.3. The SMILES string of the molecule is CCOC(=O)c1ccc(N=Nc2ccc(C)cc2[N+](=O)[O-])cc1. The van der Waals surface area contributed by atoms with E-state index in [1.807, 2.05) is 0 Å². The summed E-state index contributed by atoms with van der Waals surface area (Å²) in [5.41, 5.74) is 1.74. The second-order valence-corrected chi connectivity index (χ2v) is 4.72. The zero-order valence-electron chi connectivity index (χ0n) is 12.7. The second kappa shape index (κ2) is 7.26. The molecule has 2 aromatic rings. The molecule has 2 aromatic carbocycles. The molecule has 0 fully saturated rings. The Morgan fingerprint density at radius 2 is 1.87 bits per heavy atom. The van der Waals surface area contributed by atoms with E-state index in [0.29, 0.717) is 17.9 Å². The lowest BCUT2D eigenvalue weighted by Gasteiger charge is -2.01. The van der Waals surface area contributed by atoms with Gasteiger partial charge in [0.25, 0.3) is 5.69 Å². The maximum absolute atomic E-state index is 11.5. The fourth-order valence-electron chi connectivity index (χ4n) is 1.85. The lowest BCUT2D eigenvalue weighted by Crippen LogP contribution is -2.03. The van der Waals surface area contributed by atoms with Gasteiger partial charge in [-0.1, -0.05) is 6.07 Å². The number of benzene rings is 2. The van der Waals surface area contributed by atoms with Crippen molar-refractivity contribution >= 4 is 23.0 Å². The third kappa shape index (κ3) is 4.19. The molecule has 0 heterocycles. The van der Waals surface area contributed by atoms with E-state index in [-0.39, 0.29) is 11.4 Å². The van der Waals surface area contributed by atoms with E-state index in [1.165, 1.54) is 6.07 Å². The molecule has 0 amide bonds. The normalized spacial score (nSPS) is 10.7. The molecule has 0 aliphatic rings. The number of carbonyl (C=O) groups is 1. The molecule has 0 spiro atoms. The number of aryl methyl sites for hydroxylation is 1. The van der Waals surface area contributed by atoms with Crippen molar-refractivity contribution in [3.63, 3.8) is 0 Å². The Labute approximate surface area is 132 Å². The molecule has 118 valence electrons. The Hall–Kier alpha value is -3.09. The van der Waals surface area contributed by atoms with Crippen molar-refractivity contribution in [1.82, 2.24) is 0 Å². The number of nitro groups is 1. The second-order valence-electron chi connectivity index (χ2n) is 4.72. The van der Waals surface area contributed by atoms with Gasteiger partial charge < -0.3 is 4.74 Å². The molecule has 0 bridgehead atoms. The van der Waals surface area contributed by atoms with E-state index in [4.69, 9.17) is 4.74 Å². The Balaban J connectivity index is 2.21. The zero-order chi connectivity index (χ0) is 16.8. The van der Waals surface area contributed by atoms with E-state index in [0.717, 1.165) is 5.56 Å². The minimum atomic E-state index is -0.495. The van der Waals surface area contributed by atoms with Gasteiger partial charge in [-0.3, -0.25) is 10.1 Å². The number of carbonyl (C=O) groups excluding carboxylic acids is 1. The monoisotopic (exact) mass is 313 g/mol. The van der Waals surface area contributed by atoms with Crippen LogP contribution in [-0.2, 0) is 4.74 Å². The van der Waals surface area contributed by atoms with Crippen LogP contribution in [0.25, 0.3) is 0 Å². The van der Waals surface area contributed by atoms with E-state index in [1.54, 1.807) is 50.2 Å². The average Bonchev–Trinajstić information content (AvgIpc) is 2.54. The highest BCUT2D eigenvalue weighted by molar-refractivity contribution is 5.89. The van der Waals surface area contributed by atoms with Crippen molar-refractivity contribution < 1.29 is 14.5 Å². The molecule has 0 saturated carbocycles. The highest BCUT2D eigenvalue weighted by Gasteiger charge is 2.13. The first-order chi connectivity index (χ1) is 11.0. The fraction of sp³-hybridized carbons (Fsp3) is 0.188. The number of esters is 1. The van der Waals surface area contributed by atoms with E-state index in [9.17, 15) is 14.9 Å². The third-order valence-electron chi connectivity index (χ3n) is 2.98. The topological polar surface area (TPSA) is 94.2 Å². The van der Waals surface area contributed by atoms with E-state index >= 15 is 0 Å². The molecule has 0 atom stereocenters. The van der Waals surface area contributed by atoms with Gasteiger partial charge in [0.15, 0.2) is 5.69 Å². The molecule has 0 saturated heterocycles. The van der Waals surface area contributed by atoms with Crippen molar-refractivity contribution in [2.45, 2.75) is 13.8 Å². The van der Waals surface area contributed by atoms with Crippen LogP contribution in [0.1, 0.15) is 22.8 Å². The van der Waals surface area contributed by atoms with Crippen LogP contribution in [0, 0.1) is 17.0 Å². The minimum absolute atomic E-state index is 0.100. The van der Waals surface area contributed by atoms with Gasteiger partial charge in [-0.25, -0.2) is 4.79 Å². The van der Waals surface area contributed by atoms with Gasteiger partial charge in [-0.05, 0) is 49.7 Å². The highest BCUT2D eigenvalue weighted by Crippen LogP contribution is 2.29. The summed E-state index contributed by atoms with van der Waals surface area (Å²) in [5, 5.41) is 18.9. The molecule has 23 heavy (non-hydrogen) atoms. The Morgan fingerprint density at radius 1 is 1.17 bits per heavy atom. The van der Waals surface area contributed by atoms with Gasteiger partial charge in [0, 0.05) is 6.07 Å². The maximum atomic E-state index is 11.5. The molecule has 0 aromatic heterocycles. The molecule has 7 heteroatoms. The number of rotatable bonds is 5. The summed E-state index contributed by atoms with van der Waals surface area (Å²) < 4.78 is 4.88. The van der Waals surface area contributed by atoms with Crippen LogP contribution in [0.2, 0.25) is 0 Å². The van der Waals surface area contributed by atoms with Crippen LogP contribution in [0.15, 0.2) is 52.7 Å². The largest absolute Gasteiger partial charge is 0.462 e. The van der Waals surface area contributed by atoms with Crippen LogP contribution in [0.3, 0.4) is 0 Å². The highest BCUT2D eigenvalue weighted by atomic mass is 16.6. The summed E-state index contributed by atoms with van der Waals surface area (Å²) in [7, 11) is 0. The summed E-state index contributed by atoms with van der Waals surface area (Å²) >= 11 is 0. The molecular formula is C16H15N3O4. The van der Waals surface area contributed by atoms with Crippen molar-refractivity contribution in [1.29, 1.82) is 0 Å². The quantitative estimate of drug-likeness (QED) is 0.351. The Bertz CT molecular complexity index is 754. The number of hydrogen-bond donors (Lipinski definition) is 0. The predicted octanol–water partition coefficient (Wildman–Crippen LogP) is 4.50. The fourth-order valence-corrected chi connectivity index (χ4v) is 1.85. The van der Waals surface area contributed by atoms with Crippen molar-refractivity contribution in [2.24, 2.45) is 10.2 Å². The number of nitro benzene ring substituents is 1. The van der Waals surface area contributed by atoms with Crippen LogP contribution in [-0.4, -0.2) is 17.5 Å². The zero-order valence-corrected chi connectivity index (χ0v) is 12.7. The summed E-state index contributed by atoms with van der Waals surface area (Å²) in [6.07, 6.45) is 0. The Kier molecular flexibility index (Phi) is 5.14. The maximum Gasteiger partial charge on any atom is 0.338 e. The van der Waals surface area contributed by atoms with Gasteiger partial charge >= 0.3 is 5.97 Å². The molecule has 2 rings (SSSR count). The van der Waals surface area contributed by atoms with Crippen LogP contribution < -0.4 is 0 Å². The Morgan fingerprint density at radius 3 is 2.48 bits per heavy atom. The van der Waals surface area contributed by atoms with Crippen LogP contribution in [0.4, 0.5) is 17.1 Å². The molecule has 0 unspecified atom stereocenters. The number of nitrogens with zero attached hydrogens (tertiary/aromatic N) is 3. The van der Waals surface area contributed by atoms with E-state index < -0.39 is 10.9 Å². The van der Waals surface area contributed by atoms with E-state index in [2.05, 4.69) is 10.2 Å². The van der Waals surface area contributed by atoms with Gasteiger partial charge in [-0.15, -0.1) is 5.11 Å². The standard InChI is InChI=1S/C16H15N3O4/c1-3-23-16(20)12-5-7-13(8-6-12)17-18-14-9-4-11(2)10-15(14)19(21)22/h4-10H,3H2,1-2H3. The molecular weight excluding hydrogens is 298 g/mol. The summed E-state index contributed by atoms with van der Waals surface area (Å²) in [4.78, 5) is 22.1. The molecule has 0 aliphatic carbocycles. The number of ether oxygens (including phenoxy) is 1. The summed E-state index contributed by atoms with van der Waals surface area (Å²) in [6, 6.07) is 11.0. The molecule has 0 radical (unpaired) electrons. The van der Waals surface area contributed by atoms with Gasteiger partial charge in [0.2, 0.25) is 0 Å². The third-order valence-corrected chi connectivity index (χ3v) is 2.98. The summed E-state index contributed by atoms with van der Waals surface area (Å²) in [6.45, 7) is 3.80. The van der Waals surface area contributed by atoms with Crippen LogP contribution in [0.5, 0.6) is 0 Å². The number of hydrogen-bond acceptors (Lipinski definition) is 6. The summed E-state index contributed by atoms with van der Waals surface area (Å²) in [5.74, 6) is -0.412. The molecule has 0 N–H and O–H groups in total.